The first-order valence-corrected chi connectivity index (χ1v) is 5.71. The molecule has 16 heavy (non-hydrogen) atoms. The van der Waals surface area contributed by atoms with Crippen molar-refractivity contribution in [1.29, 1.82) is 0 Å². The molecule has 1 aromatic carbocycles. The van der Waals surface area contributed by atoms with E-state index in [-0.39, 0.29) is 0 Å². The van der Waals surface area contributed by atoms with Gasteiger partial charge in [-0.15, -0.1) is 0 Å². The Kier molecular flexibility index (Phi) is 4.90. The van der Waals surface area contributed by atoms with Gasteiger partial charge in [-0.05, 0) is 33.5 Å². The Hall–Kier alpha value is -0.930. The van der Waals surface area contributed by atoms with Crippen LogP contribution < -0.4 is 10.5 Å². The molecule has 2 N–H and O–H groups in total. The lowest BCUT2D eigenvalue weighted by molar-refractivity contribution is 0.280. The van der Waals surface area contributed by atoms with Crippen LogP contribution in [0.1, 0.15) is 12.0 Å². The van der Waals surface area contributed by atoms with Crippen molar-refractivity contribution in [3.8, 4) is 5.75 Å². The van der Waals surface area contributed by atoms with E-state index in [9.17, 15) is 0 Å². The van der Waals surface area contributed by atoms with Crippen LogP contribution >= 0.6 is 11.6 Å². The lowest BCUT2D eigenvalue weighted by Crippen LogP contribution is -2.15. The van der Waals surface area contributed by atoms with Crippen LogP contribution in [0.15, 0.2) is 12.1 Å². The Morgan fingerprint density at radius 1 is 1.38 bits per heavy atom. The zero-order chi connectivity index (χ0) is 12.1. The third kappa shape index (κ3) is 3.91. The normalized spacial score (nSPS) is 10.8. The largest absolute Gasteiger partial charge is 0.493 e. The monoisotopic (exact) mass is 242 g/mol. The second-order valence-electron chi connectivity index (χ2n) is 4.13. The maximum atomic E-state index is 6.01. The number of rotatable bonds is 5. The van der Waals surface area contributed by atoms with Gasteiger partial charge in [0.1, 0.15) is 5.75 Å². The van der Waals surface area contributed by atoms with Gasteiger partial charge in [0.2, 0.25) is 0 Å². The SMILES string of the molecule is Cc1c(Cl)cc(N)cc1OCCCN(C)C. The third-order valence-corrected chi connectivity index (χ3v) is 2.72. The van der Waals surface area contributed by atoms with Crippen molar-refractivity contribution in [2.24, 2.45) is 0 Å². The lowest BCUT2D eigenvalue weighted by atomic mass is 10.2. The minimum atomic E-state index is 0.637. The minimum Gasteiger partial charge on any atom is -0.493 e. The summed E-state index contributed by atoms with van der Waals surface area (Å²) in [4.78, 5) is 2.13. The molecule has 1 rings (SSSR count). The van der Waals surface area contributed by atoms with Crippen molar-refractivity contribution in [1.82, 2.24) is 4.90 Å². The van der Waals surface area contributed by atoms with E-state index in [1.165, 1.54) is 0 Å². The predicted molar refractivity (Wildman–Crippen MR) is 69.3 cm³/mol. The number of hydrogen-bond donors (Lipinski definition) is 1. The number of halogens is 1. The summed E-state index contributed by atoms with van der Waals surface area (Å²) in [7, 11) is 4.09. The van der Waals surface area contributed by atoms with Gasteiger partial charge in [-0.2, -0.15) is 0 Å². The van der Waals surface area contributed by atoms with Gasteiger partial charge in [-0.1, -0.05) is 11.6 Å². The molecule has 0 amide bonds. The van der Waals surface area contributed by atoms with Gasteiger partial charge < -0.3 is 15.4 Å². The maximum Gasteiger partial charge on any atom is 0.125 e. The van der Waals surface area contributed by atoms with E-state index in [2.05, 4.69) is 4.90 Å². The summed E-state index contributed by atoms with van der Waals surface area (Å²) in [5, 5.41) is 0.655. The highest BCUT2D eigenvalue weighted by Gasteiger charge is 2.05. The fourth-order valence-electron chi connectivity index (χ4n) is 1.39. The smallest absolute Gasteiger partial charge is 0.125 e. The summed E-state index contributed by atoms with van der Waals surface area (Å²) in [5.74, 6) is 0.781. The molecule has 0 aromatic heterocycles. The average molecular weight is 243 g/mol. The van der Waals surface area contributed by atoms with Crippen molar-refractivity contribution < 1.29 is 4.74 Å². The van der Waals surface area contributed by atoms with Crippen LogP contribution in [0.2, 0.25) is 5.02 Å². The summed E-state index contributed by atoms with van der Waals surface area (Å²) in [5.41, 5.74) is 7.29. The minimum absolute atomic E-state index is 0.637. The molecule has 1 aromatic rings. The number of ether oxygens (including phenoxy) is 1. The molecule has 0 aliphatic heterocycles. The van der Waals surface area contributed by atoms with Crippen LogP contribution in [0, 0.1) is 6.92 Å². The Bertz CT molecular complexity index is 353. The Morgan fingerprint density at radius 2 is 2.06 bits per heavy atom. The second kappa shape index (κ2) is 5.97. The Labute approximate surface area is 102 Å². The van der Waals surface area contributed by atoms with E-state index in [0.29, 0.717) is 17.3 Å². The van der Waals surface area contributed by atoms with Gasteiger partial charge in [-0.25, -0.2) is 0 Å². The molecular formula is C12H19ClN2O. The standard InChI is InChI=1S/C12H19ClN2O/c1-9-11(13)7-10(14)8-12(9)16-6-4-5-15(2)3/h7-8H,4-6,14H2,1-3H3. The highest BCUT2D eigenvalue weighted by atomic mass is 35.5. The van der Waals surface area contributed by atoms with Gasteiger partial charge in [0, 0.05) is 28.9 Å². The molecule has 0 bridgehead atoms. The molecule has 3 nitrogen and oxygen atoms in total. The number of hydrogen-bond acceptors (Lipinski definition) is 3. The number of nitrogen functional groups attached to an aromatic ring is 1. The van der Waals surface area contributed by atoms with Gasteiger partial charge in [0.05, 0.1) is 6.61 Å². The van der Waals surface area contributed by atoms with Gasteiger partial charge in [0.25, 0.3) is 0 Å². The van der Waals surface area contributed by atoms with Crippen LogP contribution in [0.25, 0.3) is 0 Å². The highest BCUT2D eigenvalue weighted by Crippen LogP contribution is 2.28. The van der Waals surface area contributed by atoms with Gasteiger partial charge in [-0.3, -0.25) is 0 Å². The van der Waals surface area contributed by atoms with Gasteiger partial charge >= 0.3 is 0 Å². The molecule has 0 atom stereocenters. The van der Waals surface area contributed by atoms with Crippen molar-refractivity contribution in [3.05, 3.63) is 22.7 Å². The molecule has 0 fully saturated rings. The lowest BCUT2D eigenvalue weighted by Gasteiger charge is -2.13. The molecule has 0 aliphatic rings. The van der Waals surface area contributed by atoms with E-state index in [1.807, 2.05) is 27.1 Å². The molecule has 0 spiro atoms. The van der Waals surface area contributed by atoms with Crippen molar-refractivity contribution in [2.45, 2.75) is 13.3 Å². The molecule has 90 valence electrons. The molecule has 0 saturated heterocycles. The number of benzene rings is 1. The summed E-state index contributed by atoms with van der Waals surface area (Å²) in [6.45, 7) is 3.62. The third-order valence-electron chi connectivity index (χ3n) is 2.33. The van der Waals surface area contributed by atoms with Gasteiger partial charge in [0.15, 0.2) is 0 Å². The molecule has 0 radical (unpaired) electrons. The van der Waals surface area contributed by atoms with Crippen LogP contribution in [-0.2, 0) is 0 Å². The molecule has 0 heterocycles. The average Bonchev–Trinajstić information content (AvgIpc) is 2.19. The van der Waals surface area contributed by atoms with Crippen LogP contribution in [-0.4, -0.2) is 32.1 Å². The van der Waals surface area contributed by atoms with E-state index < -0.39 is 0 Å². The number of nitrogens with two attached hydrogens (primary N) is 1. The van der Waals surface area contributed by atoms with Crippen molar-refractivity contribution in [3.63, 3.8) is 0 Å². The first-order chi connectivity index (χ1) is 7.50. The summed E-state index contributed by atoms with van der Waals surface area (Å²) in [6, 6.07) is 3.56. The van der Waals surface area contributed by atoms with E-state index in [4.69, 9.17) is 22.1 Å². The number of nitrogens with zero attached hydrogens (tertiary/aromatic N) is 1. The second-order valence-corrected chi connectivity index (χ2v) is 4.54. The topological polar surface area (TPSA) is 38.5 Å². The zero-order valence-corrected chi connectivity index (χ0v) is 10.8. The quantitative estimate of drug-likeness (QED) is 0.637. The molecule has 0 unspecified atom stereocenters. The fraction of sp³-hybridized carbons (Fsp3) is 0.500. The highest BCUT2D eigenvalue weighted by molar-refractivity contribution is 6.31. The van der Waals surface area contributed by atoms with Crippen LogP contribution in [0.3, 0.4) is 0 Å². The van der Waals surface area contributed by atoms with Crippen LogP contribution in [0.5, 0.6) is 5.75 Å². The first-order valence-electron chi connectivity index (χ1n) is 5.34. The fourth-order valence-corrected chi connectivity index (χ4v) is 1.61. The Balaban J connectivity index is 2.53. The molecule has 0 aliphatic carbocycles. The predicted octanol–water partition coefficient (Wildman–Crippen LogP) is 2.56. The summed E-state index contributed by atoms with van der Waals surface area (Å²) < 4.78 is 5.66. The van der Waals surface area contributed by atoms with E-state index >= 15 is 0 Å². The van der Waals surface area contributed by atoms with Crippen LogP contribution in [0.4, 0.5) is 5.69 Å². The van der Waals surface area contributed by atoms with E-state index in [0.717, 1.165) is 24.3 Å². The van der Waals surface area contributed by atoms with Crippen molar-refractivity contribution in [2.75, 3.05) is 33.0 Å². The molecular weight excluding hydrogens is 224 g/mol. The van der Waals surface area contributed by atoms with E-state index in [1.54, 1.807) is 6.07 Å². The molecule has 4 heteroatoms. The Morgan fingerprint density at radius 3 is 2.69 bits per heavy atom. The zero-order valence-electron chi connectivity index (χ0n) is 10.1. The maximum absolute atomic E-state index is 6.01. The molecule has 0 saturated carbocycles. The first kappa shape index (κ1) is 13.1. The summed E-state index contributed by atoms with van der Waals surface area (Å²) in [6.07, 6.45) is 0.985. The number of anilines is 1. The summed E-state index contributed by atoms with van der Waals surface area (Å²) >= 11 is 6.01. The van der Waals surface area contributed by atoms with Crippen molar-refractivity contribution >= 4 is 17.3 Å².